The summed E-state index contributed by atoms with van der Waals surface area (Å²) in [5.41, 5.74) is 6.70. The molecule has 0 heterocycles. The van der Waals surface area contributed by atoms with E-state index in [1.807, 2.05) is 24.3 Å². The number of amides is 1. The Morgan fingerprint density at radius 2 is 1.83 bits per heavy atom. The third-order valence-corrected chi connectivity index (χ3v) is 3.97. The summed E-state index contributed by atoms with van der Waals surface area (Å²) in [6, 6.07) is 11.2. The minimum atomic E-state index is -0.618. The van der Waals surface area contributed by atoms with Crippen molar-refractivity contribution in [1.29, 1.82) is 0 Å². The lowest BCUT2D eigenvalue weighted by Crippen LogP contribution is -2.30. The van der Waals surface area contributed by atoms with Gasteiger partial charge in [-0.15, -0.1) is 0 Å². The van der Waals surface area contributed by atoms with Crippen LogP contribution in [0.2, 0.25) is 0 Å². The normalized spacial score (nSPS) is 19.1. The van der Waals surface area contributed by atoms with Gasteiger partial charge in [-0.25, -0.2) is 8.78 Å². The molecular weight excluding hydrogens is 314 g/mol. The summed E-state index contributed by atoms with van der Waals surface area (Å²) >= 11 is 0. The molecule has 0 bridgehead atoms. The van der Waals surface area contributed by atoms with E-state index in [0.29, 0.717) is 17.2 Å². The second-order valence-electron chi connectivity index (χ2n) is 5.93. The highest BCUT2D eigenvalue weighted by Gasteiger charge is 2.37. The topological polar surface area (TPSA) is 64.4 Å². The minimum absolute atomic E-state index is 0.0975. The van der Waals surface area contributed by atoms with E-state index < -0.39 is 11.6 Å². The third-order valence-electron chi connectivity index (χ3n) is 3.97. The zero-order chi connectivity index (χ0) is 17.1. The van der Waals surface area contributed by atoms with Gasteiger partial charge in [0.2, 0.25) is 5.91 Å². The Morgan fingerprint density at radius 1 is 1.17 bits per heavy atom. The van der Waals surface area contributed by atoms with Crippen LogP contribution in [0.3, 0.4) is 0 Å². The number of carbonyl (C=O) groups is 1. The fourth-order valence-electron chi connectivity index (χ4n) is 2.69. The number of nitrogens with two attached hydrogens (primary N) is 1. The van der Waals surface area contributed by atoms with Crippen LogP contribution in [0.4, 0.5) is 8.78 Å². The molecule has 0 saturated heterocycles. The Kier molecular flexibility index (Phi) is 4.76. The lowest BCUT2D eigenvalue weighted by Gasteiger charge is -2.08. The molecule has 2 atom stereocenters. The molecule has 6 heteroatoms. The van der Waals surface area contributed by atoms with Crippen molar-refractivity contribution in [2.45, 2.75) is 25.0 Å². The fraction of sp³-hybridized carbons (Fsp3) is 0.278. The number of halogens is 2. The van der Waals surface area contributed by atoms with Crippen molar-refractivity contribution in [1.82, 2.24) is 5.32 Å². The van der Waals surface area contributed by atoms with Crippen LogP contribution in [0.1, 0.15) is 23.5 Å². The Hall–Kier alpha value is -2.47. The van der Waals surface area contributed by atoms with E-state index in [1.54, 1.807) is 0 Å². The van der Waals surface area contributed by atoms with Crippen LogP contribution in [0.25, 0.3) is 0 Å². The average molecular weight is 332 g/mol. The van der Waals surface area contributed by atoms with Crippen LogP contribution >= 0.6 is 0 Å². The third kappa shape index (κ3) is 4.29. The molecule has 2 aromatic rings. The quantitative estimate of drug-likeness (QED) is 0.819. The van der Waals surface area contributed by atoms with Crippen molar-refractivity contribution < 1.29 is 18.3 Å². The maximum absolute atomic E-state index is 13.1. The summed E-state index contributed by atoms with van der Waals surface area (Å²) < 4.78 is 31.8. The van der Waals surface area contributed by atoms with Crippen molar-refractivity contribution in [3.63, 3.8) is 0 Å². The Morgan fingerprint density at radius 3 is 2.46 bits per heavy atom. The molecule has 1 aliphatic carbocycles. The fourth-order valence-corrected chi connectivity index (χ4v) is 2.69. The highest BCUT2D eigenvalue weighted by molar-refractivity contribution is 5.76. The lowest BCUT2D eigenvalue weighted by atomic mass is 10.1. The van der Waals surface area contributed by atoms with Gasteiger partial charge in [0.1, 0.15) is 24.0 Å². The van der Waals surface area contributed by atoms with Crippen molar-refractivity contribution in [3.05, 3.63) is 65.2 Å². The van der Waals surface area contributed by atoms with Crippen LogP contribution in [0.15, 0.2) is 42.5 Å². The summed E-state index contributed by atoms with van der Waals surface area (Å²) in [4.78, 5) is 10.7. The standard InChI is InChI=1S/C18H18F2N2O2/c19-13-5-11(6-14(20)7-13)10-24-15-3-1-12(2-4-15)16-8-17(16)22-9-18(21)23/h1-7,16-17,22H,8-10H2,(H2,21,23). The molecule has 3 rings (SSSR count). The summed E-state index contributed by atoms with van der Waals surface area (Å²) in [6.45, 7) is 0.285. The molecule has 0 radical (unpaired) electrons. The number of hydrogen-bond donors (Lipinski definition) is 2. The molecule has 2 unspecified atom stereocenters. The van der Waals surface area contributed by atoms with Gasteiger partial charge in [0.25, 0.3) is 0 Å². The number of carbonyl (C=O) groups excluding carboxylic acids is 1. The Bertz CT molecular complexity index is 714. The van der Waals surface area contributed by atoms with E-state index in [9.17, 15) is 13.6 Å². The first-order chi connectivity index (χ1) is 11.5. The van der Waals surface area contributed by atoms with Crippen LogP contribution in [0.5, 0.6) is 5.75 Å². The number of rotatable bonds is 7. The van der Waals surface area contributed by atoms with E-state index in [4.69, 9.17) is 10.5 Å². The summed E-state index contributed by atoms with van der Waals surface area (Å²) in [5, 5.41) is 3.10. The molecule has 24 heavy (non-hydrogen) atoms. The molecule has 1 aliphatic rings. The molecule has 126 valence electrons. The molecule has 2 aromatic carbocycles. The zero-order valence-electron chi connectivity index (χ0n) is 13.0. The van der Waals surface area contributed by atoms with Gasteiger partial charge in [0.15, 0.2) is 0 Å². The monoisotopic (exact) mass is 332 g/mol. The van der Waals surface area contributed by atoms with Crippen molar-refractivity contribution >= 4 is 5.91 Å². The molecule has 1 amide bonds. The molecule has 0 aromatic heterocycles. The molecule has 4 nitrogen and oxygen atoms in total. The van der Waals surface area contributed by atoms with Crippen molar-refractivity contribution in [2.24, 2.45) is 5.73 Å². The van der Waals surface area contributed by atoms with Gasteiger partial charge in [-0.05, 0) is 41.8 Å². The first-order valence-corrected chi connectivity index (χ1v) is 7.70. The van der Waals surface area contributed by atoms with E-state index >= 15 is 0 Å². The van der Waals surface area contributed by atoms with Gasteiger partial charge < -0.3 is 15.8 Å². The predicted molar refractivity (Wildman–Crippen MR) is 85.5 cm³/mol. The first kappa shape index (κ1) is 16.4. The maximum atomic E-state index is 13.1. The summed E-state index contributed by atoms with van der Waals surface area (Å²) in [7, 11) is 0. The predicted octanol–water partition coefficient (Wildman–Crippen LogP) is 2.47. The smallest absolute Gasteiger partial charge is 0.231 e. The molecule has 1 fully saturated rings. The maximum Gasteiger partial charge on any atom is 0.231 e. The van der Waals surface area contributed by atoms with E-state index in [0.717, 1.165) is 18.1 Å². The lowest BCUT2D eigenvalue weighted by molar-refractivity contribution is -0.117. The van der Waals surface area contributed by atoms with Gasteiger partial charge in [-0.1, -0.05) is 12.1 Å². The van der Waals surface area contributed by atoms with Crippen molar-refractivity contribution in [3.8, 4) is 5.75 Å². The van der Waals surface area contributed by atoms with Gasteiger partial charge in [-0.3, -0.25) is 4.79 Å². The number of ether oxygens (including phenoxy) is 1. The van der Waals surface area contributed by atoms with Crippen LogP contribution < -0.4 is 15.8 Å². The van der Waals surface area contributed by atoms with E-state index in [-0.39, 0.29) is 25.1 Å². The zero-order valence-corrected chi connectivity index (χ0v) is 13.0. The van der Waals surface area contributed by atoms with Gasteiger partial charge in [0, 0.05) is 18.0 Å². The second-order valence-corrected chi connectivity index (χ2v) is 5.93. The van der Waals surface area contributed by atoms with Gasteiger partial charge >= 0.3 is 0 Å². The number of nitrogens with one attached hydrogen (secondary N) is 1. The summed E-state index contributed by atoms with van der Waals surface area (Å²) in [6.07, 6.45) is 0.968. The highest BCUT2D eigenvalue weighted by Crippen LogP contribution is 2.41. The SMILES string of the molecule is NC(=O)CNC1CC1c1ccc(OCc2cc(F)cc(F)c2)cc1. The van der Waals surface area contributed by atoms with Gasteiger partial charge in [-0.2, -0.15) is 0 Å². The largest absolute Gasteiger partial charge is 0.489 e. The van der Waals surface area contributed by atoms with E-state index in [1.165, 1.54) is 12.1 Å². The molecular formula is C18H18F2N2O2. The number of benzene rings is 2. The molecule has 1 saturated carbocycles. The molecule has 3 N–H and O–H groups in total. The Balaban J connectivity index is 1.53. The number of primary amides is 1. The molecule has 0 spiro atoms. The highest BCUT2D eigenvalue weighted by atomic mass is 19.1. The summed E-state index contributed by atoms with van der Waals surface area (Å²) in [5.74, 6) is -0.598. The minimum Gasteiger partial charge on any atom is -0.489 e. The average Bonchev–Trinajstić information content (AvgIpc) is 3.30. The number of hydrogen-bond acceptors (Lipinski definition) is 3. The van der Waals surface area contributed by atoms with E-state index in [2.05, 4.69) is 5.32 Å². The van der Waals surface area contributed by atoms with Crippen LogP contribution in [-0.2, 0) is 11.4 Å². The van der Waals surface area contributed by atoms with Crippen molar-refractivity contribution in [2.75, 3.05) is 6.54 Å². The van der Waals surface area contributed by atoms with Gasteiger partial charge in [0.05, 0.1) is 6.54 Å². The second kappa shape index (κ2) is 6.97. The van der Waals surface area contributed by atoms with Crippen LogP contribution in [-0.4, -0.2) is 18.5 Å². The first-order valence-electron chi connectivity index (χ1n) is 7.70. The molecule has 0 aliphatic heterocycles. The Labute approximate surface area is 138 Å². The van der Waals surface area contributed by atoms with Crippen LogP contribution in [0, 0.1) is 11.6 Å².